The molecule has 0 unspecified atom stereocenters. The van der Waals surface area contributed by atoms with E-state index >= 15 is 0 Å². The van der Waals surface area contributed by atoms with Crippen molar-refractivity contribution < 1.29 is 5.11 Å². The molecule has 1 rings (SSSR count). The fraction of sp³-hybridized carbons (Fsp3) is 0.667. The molecule has 0 aliphatic carbocycles. The second-order valence-corrected chi connectivity index (χ2v) is 4.36. The van der Waals surface area contributed by atoms with Gasteiger partial charge >= 0.3 is 0 Å². The Balaban J connectivity index is 3.24. The van der Waals surface area contributed by atoms with Crippen molar-refractivity contribution in [2.24, 2.45) is 0 Å². The van der Waals surface area contributed by atoms with E-state index in [9.17, 15) is 9.90 Å². The van der Waals surface area contributed by atoms with Gasteiger partial charge in [0.15, 0.2) is 0 Å². The maximum absolute atomic E-state index is 11.8. The highest BCUT2D eigenvalue weighted by Crippen LogP contribution is 2.23. The van der Waals surface area contributed by atoms with Gasteiger partial charge in [-0.3, -0.25) is 4.79 Å². The Labute approximate surface area is 95.7 Å². The molecule has 90 valence electrons. The summed E-state index contributed by atoms with van der Waals surface area (Å²) in [6.45, 7) is 7.81. The Hall–Kier alpha value is -1.32. The molecule has 0 saturated carbocycles. The SMILES string of the molecule is CCC(CC)c1nc(O)c(C(C)C)c(=O)[nH]1. The number of hydrogen-bond acceptors (Lipinski definition) is 3. The molecule has 16 heavy (non-hydrogen) atoms. The molecule has 0 saturated heterocycles. The molecule has 4 nitrogen and oxygen atoms in total. The molecule has 0 aliphatic heterocycles. The van der Waals surface area contributed by atoms with Gasteiger partial charge in [0.25, 0.3) is 5.56 Å². The highest BCUT2D eigenvalue weighted by molar-refractivity contribution is 5.26. The van der Waals surface area contributed by atoms with Gasteiger partial charge in [-0.25, -0.2) is 0 Å². The predicted molar refractivity (Wildman–Crippen MR) is 63.9 cm³/mol. The van der Waals surface area contributed by atoms with Crippen LogP contribution in [0.1, 0.15) is 63.8 Å². The van der Waals surface area contributed by atoms with Gasteiger partial charge in [-0.15, -0.1) is 0 Å². The van der Waals surface area contributed by atoms with Crippen LogP contribution < -0.4 is 5.56 Å². The second kappa shape index (κ2) is 5.14. The molecule has 1 aromatic heterocycles. The number of hydrogen-bond donors (Lipinski definition) is 2. The minimum absolute atomic E-state index is 0.0213. The number of H-pyrrole nitrogens is 1. The number of nitrogens with one attached hydrogen (secondary N) is 1. The van der Waals surface area contributed by atoms with E-state index in [1.54, 1.807) is 0 Å². The number of aromatic nitrogens is 2. The number of nitrogens with zero attached hydrogens (tertiary/aromatic N) is 1. The molecule has 0 amide bonds. The van der Waals surface area contributed by atoms with Gasteiger partial charge < -0.3 is 10.1 Å². The molecular formula is C12H20N2O2. The summed E-state index contributed by atoms with van der Waals surface area (Å²) in [7, 11) is 0. The van der Waals surface area contributed by atoms with E-state index in [-0.39, 0.29) is 23.3 Å². The molecule has 1 heterocycles. The van der Waals surface area contributed by atoms with Gasteiger partial charge in [-0.05, 0) is 18.8 Å². The fourth-order valence-electron chi connectivity index (χ4n) is 1.88. The van der Waals surface area contributed by atoms with Crippen LogP contribution in [0.3, 0.4) is 0 Å². The smallest absolute Gasteiger partial charge is 0.258 e. The van der Waals surface area contributed by atoms with Crippen LogP contribution in [0.4, 0.5) is 0 Å². The molecule has 4 heteroatoms. The summed E-state index contributed by atoms with van der Waals surface area (Å²) in [5.41, 5.74) is 0.152. The summed E-state index contributed by atoms with van der Waals surface area (Å²) in [6, 6.07) is 0. The minimum Gasteiger partial charge on any atom is -0.493 e. The van der Waals surface area contributed by atoms with E-state index in [1.807, 2.05) is 27.7 Å². The maximum atomic E-state index is 11.8. The van der Waals surface area contributed by atoms with E-state index in [2.05, 4.69) is 9.97 Å². The molecule has 0 radical (unpaired) electrons. The first-order valence-electron chi connectivity index (χ1n) is 5.84. The van der Waals surface area contributed by atoms with Gasteiger partial charge in [0, 0.05) is 5.92 Å². The fourth-order valence-corrected chi connectivity index (χ4v) is 1.88. The Morgan fingerprint density at radius 2 is 1.88 bits per heavy atom. The monoisotopic (exact) mass is 224 g/mol. The summed E-state index contributed by atoms with van der Waals surface area (Å²) >= 11 is 0. The zero-order valence-corrected chi connectivity index (χ0v) is 10.4. The third-order valence-electron chi connectivity index (χ3n) is 2.90. The van der Waals surface area contributed by atoms with E-state index in [0.717, 1.165) is 12.8 Å². The van der Waals surface area contributed by atoms with Crippen molar-refractivity contribution in [2.45, 2.75) is 52.4 Å². The van der Waals surface area contributed by atoms with Crippen LogP contribution in [0.5, 0.6) is 5.88 Å². The zero-order chi connectivity index (χ0) is 12.3. The van der Waals surface area contributed by atoms with Crippen LogP contribution in [0.2, 0.25) is 0 Å². The Morgan fingerprint density at radius 1 is 1.31 bits per heavy atom. The second-order valence-electron chi connectivity index (χ2n) is 4.36. The van der Waals surface area contributed by atoms with Crippen LogP contribution >= 0.6 is 0 Å². The van der Waals surface area contributed by atoms with Crippen LogP contribution in [-0.2, 0) is 0 Å². The molecule has 0 aliphatic rings. The normalized spacial score (nSPS) is 11.4. The third-order valence-corrected chi connectivity index (χ3v) is 2.90. The number of rotatable bonds is 4. The highest BCUT2D eigenvalue weighted by atomic mass is 16.3. The summed E-state index contributed by atoms with van der Waals surface area (Å²) < 4.78 is 0. The summed E-state index contributed by atoms with van der Waals surface area (Å²) in [5.74, 6) is 0.657. The lowest BCUT2D eigenvalue weighted by atomic mass is 10.0. The largest absolute Gasteiger partial charge is 0.493 e. The van der Waals surface area contributed by atoms with Crippen molar-refractivity contribution >= 4 is 0 Å². The van der Waals surface area contributed by atoms with Crippen molar-refractivity contribution in [3.05, 3.63) is 21.7 Å². The predicted octanol–water partition coefficient (Wildman–Crippen LogP) is 2.50. The van der Waals surface area contributed by atoms with Crippen LogP contribution in [0, 0.1) is 0 Å². The molecule has 2 N–H and O–H groups in total. The van der Waals surface area contributed by atoms with Crippen molar-refractivity contribution in [2.75, 3.05) is 0 Å². The van der Waals surface area contributed by atoms with Crippen molar-refractivity contribution in [1.29, 1.82) is 0 Å². The van der Waals surface area contributed by atoms with Gasteiger partial charge in [0.1, 0.15) is 5.82 Å². The Morgan fingerprint density at radius 3 is 2.25 bits per heavy atom. The average Bonchev–Trinajstić information content (AvgIpc) is 2.17. The van der Waals surface area contributed by atoms with Gasteiger partial charge in [-0.1, -0.05) is 27.7 Å². The number of aromatic amines is 1. The van der Waals surface area contributed by atoms with Crippen molar-refractivity contribution in [3.63, 3.8) is 0 Å². The molecule has 0 atom stereocenters. The quantitative estimate of drug-likeness (QED) is 0.825. The Kier molecular flexibility index (Phi) is 4.10. The maximum Gasteiger partial charge on any atom is 0.258 e. The molecule has 0 spiro atoms. The summed E-state index contributed by atoms with van der Waals surface area (Å²) in [4.78, 5) is 18.7. The summed E-state index contributed by atoms with van der Waals surface area (Å²) in [6.07, 6.45) is 1.81. The zero-order valence-electron chi connectivity index (χ0n) is 10.4. The molecule has 0 bridgehead atoms. The van der Waals surface area contributed by atoms with Crippen LogP contribution in [-0.4, -0.2) is 15.1 Å². The lowest BCUT2D eigenvalue weighted by Crippen LogP contribution is -2.19. The summed E-state index contributed by atoms with van der Waals surface area (Å²) in [5, 5.41) is 9.75. The van der Waals surface area contributed by atoms with Gasteiger partial charge in [-0.2, -0.15) is 4.98 Å². The highest BCUT2D eigenvalue weighted by Gasteiger charge is 2.17. The van der Waals surface area contributed by atoms with Crippen LogP contribution in [0.15, 0.2) is 4.79 Å². The molecular weight excluding hydrogens is 204 g/mol. The third kappa shape index (κ3) is 2.43. The van der Waals surface area contributed by atoms with E-state index in [0.29, 0.717) is 11.4 Å². The first kappa shape index (κ1) is 12.7. The molecule has 0 fully saturated rings. The first-order valence-corrected chi connectivity index (χ1v) is 5.84. The topological polar surface area (TPSA) is 66.0 Å². The standard InChI is InChI=1S/C12H20N2O2/c1-5-8(6-2)10-13-11(15)9(7(3)4)12(16)14-10/h7-8H,5-6H2,1-4H3,(H2,13,14,15,16). The van der Waals surface area contributed by atoms with E-state index < -0.39 is 0 Å². The number of aromatic hydroxyl groups is 1. The molecule has 1 aromatic rings. The van der Waals surface area contributed by atoms with E-state index in [1.165, 1.54) is 0 Å². The van der Waals surface area contributed by atoms with Crippen molar-refractivity contribution in [1.82, 2.24) is 9.97 Å². The average molecular weight is 224 g/mol. The van der Waals surface area contributed by atoms with Crippen molar-refractivity contribution in [3.8, 4) is 5.88 Å². The Bertz CT molecular complexity index is 406. The van der Waals surface area contributed by atoms with Crippen LogP contribution in [0.25, 0.3) is 0 Å². The lowest BCUT2D eigenvalue weighted by Gasteiger charge is -2.13. The molecule has 0 aromatic carbocycles. The lowest BCUT2D eigenvalue weighted by molar-refractivity contribution is 0.430. The first-order chi connectivity index (χ1) is 7.51. The minimum atomic E-state index is -0.218. The van der Waals surface area contributed by atoms with Gasteiger partial charge in [0.05, 0.1) is 5.56 Å². The van der Waals surface area contributed by atoms with E-state index in [4.69, 9.17) is 0 Å². The van der Waals surface area contributed by atoms with Gasteiger partial charge in [0.2, 0.25) is 5.88 Å².